The first-order valence-corrected chi connectivity index (χ1v) is 7.17. The number of hydrogen-bond acceptors (Lipinski definition) is 4. The molecule has 1 atom stereocenters. The second-order valence-corrected chi connectivity index (χ2v) is 6.96. The first-order valence-electron chi connectivity index (χ1n) is 7.17. The molecule has 1 unspecified atom stereocenters. The monoisotopic (exact) mass is 286 g/mol. The molecule has 1 aromatic rings. The Hall–Kier alpha value is -2.09. The van der Waals surface area contributed by atoms with Crippen molar-refractivity contribution in [2.45, 2.75) is 39.7 Å². The topological polar surface area (TPSA) is 69.0 Å². The molecule has 0 aromatic carbocycles. The Morgan fingerprint density at radius 2 is 2.19 bits per heavy atom. The lowest BCUT2D eigenvalue weighted by Gasteiger charge is -2.21. The highest BCUT2D eigenvalue weighted by atomic mass is 16.2. The van der Waals surface area contributed by atoms with Crippen LogP contribution in [0, 0.1) is 16.7 Å². The molecule has 5 nitrogen and oxygen atoms in total. The number of nitrogens with zero attached hydrogens (tertiary/aromatic N) is 3. The molecule has 5 heteroatoms. The second-order valence-electron chi connectivity index (χ2n) is 6.96. The number of carbonyl (C=O) groups is 1. The van der Waals surface area contributed by atoms with Gasteiger partial charge >= 0.3 is 0 Å². The largest absolute Gasteiger partial charge is 0.365 e. The number of pyridine rings is 1. The molecule has 0 aliphatic carbocycles. The summed E-state index contributed by atoms with van der Waals surface area (Å²) in [5.74, 6) is 0.700. The highest BCUT2D eigenvalue weighted by molar-refractivity contribution is 5.94. The van der Waals surface area contributed by atoms with Gasteiger partial charge in [0, 0.05) is 24.8 Å². The van der Waals surface area contributed by atoms with Crippen molar-refractivity contribution in [3.63, 3.8) is 0 Å². The smallest absolute Gasteiger partial charge is 0.255 e. The molecule has 1 amide bonds. The quantitative estimate of drug-likeness (QED) is 0.907. The maximum atomic E-state index is 12.4. The van der Waals surface area contributed by atoms with E-state index in [1.807, 2.05) is 13.0 Å². The van der Waals surface area contributed by atoms with E-state index in [4.69, 9.17) is 5.26 Å². The van der Waals surface area contributed by atoms with Crippen LogP contribution in [0.1, 0.15) is 44.5 Å². The van der Waals surface area contributed by atoms with Gasteiger partial charge < -0.3 is 10.2 Å². The van der Waals surface area contributed by atoms with Gasteiger partial charge in [0.05, 0.1) is 17.0 Å². The molecule has 2 rings (SSSR count). The van der Waals surface area contributed by atoms with Crippen molar-refractivity contribution in [2.24, 2.45) is 5.41 Å². The molecule has 0 saturated carbocycles. The van der Waals surface area contributed by atoms with E-state index >= 15 is 0 Å². The lowest BCUT2D eigenvalue weighted by atomic mass is 9.92. The molecule has 0 bridgehead atoms. The molecule has 1 fully saturated rings. The zero-order valence-corrected chi connectivity index (χ0v) is 13.1. The van der Waals surface area contributed by atoms with Crippen molar-refractivity contribution < 1.29 is 4.79 Å². The van der Waals surface area contributed by atoms with Gasteiger partial charge in [0.1, 0.15) is 5.82 Å². The summed E-state index contributed by atoms with van der Waals surface area (Å²) >= 11 is 0. The maximum Gasteiger partial charge on any atom is 0.255 e. The van der Waals surface area contributed by atoms with Crippen molar-refractivity contribution >= 4 is 11.7 Å². The number of hydrogen-bond donors (Lipinski definition) is 1. The molecule has 1 N–H and O–H groups in total. The molecule has 1 saturated heterocycles. The summed E-state index contributed by atoms with van der Waals surface area (Å²) in [5, 5.41) is 12.4. The number of amides is 1. The number of rotatable bonds is 2. The summed E-state index contributed by atoms with van der Waals surface area (Å²) in [4.78, 5) is 18.4. The van der Waals surface area contributed by atoms with Crippen LogP contribution in [0.4, 0.5) is 5.82 Å². The Morgan fingerprint density at radius 1 is 1.48 bits per heavy atom. The third-order valence-electron chi connectivity index (χ3n) is 3.54. The van der Waals surface area contributed by atoms with Crippen molar-refractivity contribution in [1.82, 2.24) is 9.88 Å². The predicted molar refractivity (Wildman–Crippen MR) is 81.9 cm³/mol. The number of likely N-dealkylation sites (tertiary alicyclic amines) is 1. The molecule has 1 aromatic heterocycles. The van der Waals surface area contributed by atoms with Gasteiger partial charge in [0.2, 0.25) is 0 Å². The summed E-state index contributed by atoms with van der Waals surface area (Å²) in [6.07, 6.45) is 2.32. The summed E-state index contributed by atoms with van der Waals surface area (Å²) in [6, 6.07) is 5.89. The molecular weight excluding hydrogens is 264 g/mol. The van der Waals surface area contributed by atoms with Crippen LogP contribution < -0.4 is 5.32 Å². The van der Waals surface area contributed by atoms with E-state index in [9.17, 15) is 4.79 Å². The fraction of sp³-hybridized carbons (Fsp3) is 0.562. The van der Waals surface area contributed by atoms with Crippen LogP contribution in [0.15, 0.2) is 18.3 Å². The minimum Gasteiger partial charge on any atom is -0.365 e. The Bertz CT molecular complexity index is 567. The summed E-state index contributed by atoms with van der Waals surface area (Å²) in [6.45, 7) is 9.19. The van der Waals surface area contributed by atoms with E-state index in [0.29, 0.717) is 18.7 Å². The Kier molecular flexibility index (Phi) is 3.91. The molecular formula is C16H22N4O. The minimum atomic E-state index is -0.420. The van der Waals surface area contributed by atoms with Gasteiger partial charge in [-0.25, -0.2) is 4.98 Å². The zero-order chi connectivity index (χ0) is 15.7. The van der Waals surface area contributed by atoms with Crippen LogP contribution in [-0.4, -0.2) is 34.4 Å². The van der Waals surface area contributed by atoms with Gasteiger partial charge in [-0.05, 0) is 46.2 Å². The Labute approximate surface area is 126 Å². The van der Waals surface area contributed by atoms with Gasteiger partial charge in [0.15, 0.2) is 0 Å². The van der Waals surface area contributed by atoms with E-state index in [1.165, 1.54) is 0 Å². The van der Waals surface area contributed by atoms with Crippen molar-refractivity contribution in [3.8, 4) is 6.07 Å². The Morgan fingerprint density at radius 3 is 2.67 bits per heavy atom. The molecule has 1 aliphatic rings. The predicted octanol–water partition coefficient (Wildman–Crippen LogP) is 2.67. The SMILES string of the molecule is CC1(C#N)CCN(C(=O)c2ccc(NC(C)(C)C)nc2)C1. The van der Waals surface area contributed by atoms with Crippen molar-refractivity contribution in [3.05, 3.63) is 23.9 Å². The normalized spacial score (nSPS) is 22.0. The number of carbonyl (C=O) groups excluding carboxylic acids is 1. The highest BCUT2D eigenvalue weighted by Gasteiger charge is 2.36. The molecule has 0 radical (unpaired) electrons. The summed E-state index contributed by atoms with van der Waals surface area (Å²) in [7, 11) is 0. The molecule has 0 spiro atoms. The van der Waals surface area contributed by atoms with Gasteiger partial charge in [-0.3, -0.25) is 4.79 Å². The molecule has 1 aliphatic heterocycles. The summed E-state index contributed by atoms with van der Waals surface area (Å²) in [5.41, 5.74) is 0.0791. The number of aromatic nitrogens is 1. The van der Waals surface area contributed by atoms with Gasteiger partial charge in [-0.1, -0.05) is 0 Å². The van der Waals surface area contributed by atoms with Gasteiger partial charge in [0.25, 0.3) is 5.91 Å². The fourth-order valence-electron chi connectivity index (χ4n) is 2.39. The van der Waals surface area contributed by atoms with Crippen LogP contribution in [0.3, 0.4) is 0 Å². The highest BCUT2D eigenvalue weighted by Crippen LogP contribution is 2.29. The fourth-order valence-corrected chi connectivity index (χ4v) is 2.39. The average molecular weight is 286 g/mol. The summed E-state index contributed by atoms with van der Waals surface area (Å²) < 4.78 is 0. The standard InChI is InChI=1S/C16H22N4O/c1-15(2,3)19-13-6-5-12(9-18-13)14(21)20-8-7-16(4,10-17)11-20/h5-6,9H,7-8,11H2,1-4H3,(H,18,19). The van der Waals surface area contributed by atoms with Crippen LogP contribution in [0.5, 0.6) is 0 Å². The van der Waals surface area contributed by atoms with Gasteiger partial charge in [-0.2, -0.15) is 5.26 Å². The average Bonchev–Trinajstić information content (AvgIpc) is 2.80. The molecule has 112 valence electrons. The van der Waals surface area contributed by atoms with Crippen molar-refractivity contribution in [2.75, 3.05) is 18.4 Å². The first-order chi connectivity index (χ1) is 9.72. The zero-order valence-electron chi connectivity index (χ0n) is 13.1. The Balaban J connectivity index is 2.06. The number of nitriles is 1. The van der Waals surface area contributed by atoms with Crippen LogP contribution in [-0.2, 0) is 0 Å². The first kappa shape index (κ1) is 15.3. The van der Waals surface area contributed by atoms with Crippen LogP contribution in [0.2, 0.25) is 0 Å². The third kappa shape index (κ3) is 3.72. The van der Waals surface area contributed by atoms with Crippen molar-refractivity contribution in [1.29, 1.82) is 5.26 Å². The second kappa shape index (κ2) is 5.36. The third-order valence-corrected chi connectivity index (χ3v) is 3.54. The van der Waals surface area contributed by atoms with Crippen LogP contribution >= 0.6 is 0 Å². The number of nitrogens with one attached hydrogen (secondary N) is 1. The lowest BCUT2D eigenvalue weighted by Crippen LogP contribution is -2.31. The number of anilines is 1. The van der Waals surface area contributed by atoms with E-state index in [-0.39, 0.29) is 11.4 Å². The van der Waals surface area contributed by atoms with E-state index in [1.54, 1.807) is 17.2 Å². The van der Waals surface area contributed by atoms with Gasteiger partial charge in [-0.15, -0.1) is 0 Å². The van der Waals surface area contributed by atoms with Crippen LogP contribution in [0.25, 0.3) is 0 Å². The maximum absolute atomic E-state index is 12.4. The minimum absolute atomic E-state index is 0.0521. The molecule has 21 heavy (non-hydrogen) atoms. The van der Waals surface area contributed by atoms with E-state index < -0.39 is 5.41 Å². The van der Waals surface area contributed by atoms with E-state index in [0.717, 1.165) is 12.2 Å². The molecule has 2 heterocycles. The van der Waals surface area contributed by atoms with E-state index in [2.05, 4.69) is 37.1 Å². The lowest BCUT2D eigenvalue weighted by molar-refractivity contribution is 0.0782.